The molecule has 0 aromatic heterocycles. The maximum atomic E-state index is 12.3. The number of urea groups is 1. The third-order valence-electron chi connectivity index (χ3n) is 4.14. The molecule has 0 aromatic rings. The number of rotatable bonds is 1. The lowest BCUT2D eigenvalue weighted by Gasteiger charge is -2.39. The lowest BCUT2D eigenvalue weighted by Crippen LogP contribution is -2.53. The smallest absolute Gasteiger partial charge is 0.320 e. The van der Waals surface area contributed by atoms with Crippen LogP contribution in [0.4, 0.5) is 4.79 Å². The van der Waals surface area contributed by atoms with E-state index in [9.17, 15) is 4.79 Å². The summed E-state index contributed by atoms with van der Waals surface area (Å²) in [6, 6.07) is 0.271. The Morgan fingerprint density at radius 3 is 2.06 bits per heavy atom. The van der Waals surface area contributed by atoms with Crippen LogP contribution in [0.2, 0.25) is 0 Å². The summed E-state index contributed by atoms with van der Waals surface area (Å²) in [5.41, 5.74) is 0. The van der Waals surface area contributed by atoms with Gasteiger partial charge in [0, 0.05) is 39.3 Å². The van der Waals surface area contributed by atoms with Crippen molar-refractivity contribution in [2.45, 2.75) is 26.7 Å². The minimum atomic E-state index is 0.271. The lowest BCUT2D eigenvalue weighted by molar-refractivity contribution is 0.104. The number of likely N-dealkylation sites (N-methyl/N-ethyl adjacent to an activating group) is 1. The van der Waals surface area contributed by atoms with Crippen molar-refractivity contribution in [1.29, 1.82) is 0 Å². The fourth-order valence-corrected chi connectivity index (χ4v) is 2.66. The molecule has 98 valence electrons. The summed E-state index contributed by atoms with van der Waals surface area (Å²) in [5.74, 6) is 0.788. The number of hydrogen-bond acceptors (Lipinski definition) is 2. The zero-order valence-electron chi connectivity index (χ0n) is 11.2. The first kappa shape index (κ1) is 12.7. The van der Waals surface area contributed by atoms with E-state index in [1.165, 1.54) is 12.8 Å². The number of carbonyl (C=O) groups is 1. The van der Waals surface area contributed by atoms with Gasteiger partial charge in [0.05, 0.1) is 0 Å². The number of amides is 2. The molecular weight excluding hydrogens is 214 g/mol. The van der Waals surface area contributed by atoms with Crippen molar-refractivity contribution in [2.75, 3.05) is 45.8 Å². The van der Waals surface area contributed by atoms with Crippen LogP contribution in [0.15, 0.2) is 0 Å². The van der Waals surface area contributed by atoms with Gasteiger partial charge < -0.3 is 14.7 Å². The Kier molecular flexibility index (Phi) is 4.26. The quantitative estimate of drug-likeness (QED) is 0.693. The van der Waals surface area contributed by atoms with Gasteiger partial charge in [0.15, 0.2) is 0 Å². The van der Waals surface area contributed by atoms with Crippen LogP contribution in [0.5, 0.6) is 0 Å². The SMILES string of the molecule is CCN1CCN(C(=O)N2CCC(C)CC2)CC1. The van der Waals surface area contributed by atoms with E-state index in [1.807, 2.05) is 9.80 Å². The minimum absolute atomic E-state index is 0.271. The van der Waals surface area contributed by atoms with E-state index in [-0.39, 0.29) is 6.03 Å². The first-order valence-electron chi connectivity index (χ1n) is 6.97. The summed E-state index contributed by atoms with van der Waals surface area (Å²) in [4.78, 5) is 18.8. The van der Waals surface area contributed by atoms with Gasteiger partial charge in [-0.05, 0) is 25.3 Å². The summed E-state index contributed by atoms with van der Waals surface area (Å²) >= 11 is 0. The molecule has 0 aromatic carbocycles. The van der Waals surface area contributed by atoms with Crippen molar-refractivity contribution in [1.82, 2.24) is 14.7 Å². The van der Waals surface area contributed by atoms with E-state index in [0.29, 0.717) is 0 Å². The third-order valence-corrected chi connectivity index (χ3v) is 4.14. The van der Waals surface area contributed by atoms with Crippen LogP contribution in [0.3, 0.4) is 0 Å². The van der Waals surface area contributed by atoms with Crippen molar-refractivity contribution in [3.8, 4) is 0 Å². The summed E-state index contributed by atoms with van der Waals surface area (Å²) in [6.07, 6.45) is 2.33. The third kappa shape index (κ3) is 3.12. The number of carbonyl (C=O) groups excluding carboxylic acids is 1. The summed E-state index contributed by atoms with van der Waals surface area (Å²) < 4.78 is 0. The van der Waals surface area contributed by atoms with E-state index >= 15 is 0 Å². The maximum absolute atomic E-state index is 12.3. The standard InChI is InChI=1S/C13H25N3O/c1-3-14-8-10-16(11-9-14)13(17)15-6-4-12(2)5-7-15/h12H,3-11H2,1-2H3. The van der Waals surface area contributed by atoms with Crippen LogP contribution in [0.25, 0.3) is 0 Å². The van der Waals surface area contributed by atoms with E-state index in [1.54, 1.807) is 0 Å². The second-order valence-electron chi connectivity index (χ2n) is 5.37. The zero-order chi connectivity index (χ0) is 12.3. The van der Waals surface area contributed by atoms with E-state index < -0.39 is 0 Å². The van der Waals surface area contributed by atoms with Gasteiger partial charge in [-0.2, -0.15) is 0 Å². The van der Waals surface area contributed by atoms with Crippen LogP contribution in [-0.4, -0.2) is 66.5 Å². The van der Waals surface area contributed by atoms with Gasteiger partial charge in [0.2, 0.25) is 0 Å². The molecule has 2 heterocycles. The Labute approximate surface area is 105 Å². The van der Waals surface area contributed by atoms with Crippen LogP contribution < -0.4 is 0 Å². The first-order chi connectivity index (χ1) is 8.20. The van der Waals surface area contributed by atoms with E-state index in [2.05, 4.69) is 18.7 Å². The highest BCUT2D eigenvalue weighted by Crippen LogP contribution is 2.17. The molecule has 2 rings (SSSR count). The second-order valence-corrected chi connectivity index (χ2v) is 5.37. The van der Waals surface area contributed by atoms with Gasteiger partial charge in [-0.15, -0.1) is 0 Å². The molecule has 2 amide bonds. The first-order valence-corrected chi connectivity index (χ1v) is 6.97. The highest BCUT2D eigenvalue weighted by atomic mass is 16.2. The normalized spacial score (nSPS) is 24.1. The molecule has 0 spiro atoms. The van der Waals surface area contributed by atoms with Crippen LogP contribution in [0, 0.1) is 5.92 Å². The van der Waals surface area contributed by atoms with Gasteiger partial charge in [0.1, 0.15) is 0 Å². The molecule has 0 N–H and O–H groups in total. The number of likely N-dealkylation sites (tertiary alicyclic amines) is 1. The number of piperidine rings is 1. The van der Waals surface area contributed by atoms with Gasteiger partial charge >= 0.3 is 6.03 Å². The Bertz CT molecular complexity index is 253. The molecule has 2 fully saturated rings. The topological polar surface area (TPSA) is 26.8 Å². The zero-order valence-corrected chi connectivity index (χ0v) is 11.2. The van der Waals surface area contributed by atoms with E-state index in [4.69, 9.17) is 0 Å². The second kappa shape index (κ2) is 5.71. The predicted molar refractivity (Wildman–Crippen MR) is 69.1 cm³/mol. The Balaban J connectivity index is 1.80. The Morgan fingerprint density at radius 1 is 1.00 bits per heavy atom. The summed E-state index contributed by atoms with van der Waals surface area (Å²) in [7, 11) is 0. The average molecular weight is 239 g/mol. The van der Waals surface area contributed by atoms with Crippen molar-refractivity contribution in [3.63, 3.8) is 0 Å². The number of piperazine rings is 1. The lowest BCUT2D eigenvalue weighted by atomic mass is 9.99. The van der Waals surface area contributed by atoms with Gasteiger partial charge in [-0.1, -0.05) is 13.8 Å². The summed E-state index contributed by atoms with van der Waals surface area (Å²) in [5, 5.41) is 0. The molecule has 0 atom stereocenters. The fraction of sp³-hybridized carbons (Fsp3) is 0.923. The molecule has 4 heteroatoms. The van der Waals surface area contributed by atoms with Gasteiger partial charge in [-0.3, -0.25) is 0 Å². The summed E-state index contributed by atoms with van der Waals surface area (Å²) in [6.45, 7) is 11.3. The number of hydrogen-bond donors (Lipinski definition) is 0. The van der Waals surface area contributed by atoms with Gasteiger partial charge in [0.25, 0.3) is 0 Å². The van der Waals surface area contributed by atoms with Crippen molar-refractivity contribution in [3.05, 3.63) is 0 Å². The Morgan fingerprint density at radius 2 is 1.53 bits per heavy atom. The molecule has 4 nitrogen and oxygen atoms in total. The van der Waals surface area contributed by atoms with Crippen LogP contribution >= 0.6 is 0 Å². The highest BCUT2D eigenvalue weighted by molar-refractivity contribution is 5.74. The molecule has 2 aliphatic rings. The van der Waals surface area contributed by atoms with Crippen LogP contribution in [-0.2, 0) is 0 Å². The maximum Gasteiger partial charge on any atom is 0.320 e. The average Bonchev–Trinajstić information content (AvgIpc) is 2.39. The molecule has 0 unspecified atom stereocenters. The molecule has 0 bridgehead atoms. The Hall–Kier alpha value is -0.770. The molecule has 17 heavy (non-hydrogen) atoms. The molecular formula is C13H25N3O. The molecule has 0 saturated carbocycles. The van der Waals surface area contributed by atoms with E-state index in [0.717, 1.165) is 51.7 Å². The van der Waals surface area contributed by atoms with Gasteiger partial charge in [-0.25, -0.2) is 4.79 Å². The van der Waals surface area contributed by atoms with Crippen molar-refractivity contribution >= 4 is 6.03 Å². The fourth-order valence-electron chi connectivity index (χ4n) is 2.66. The molecule has 2 aliphatic heterocycles. The predicted octanol–water partition coefficient (Wildman–Crippen LogP) is 1.48. The van der Waals surface area contributed by atoms with Crippen molar-refractivity contribution in [2.24, 2.45) is 5.92 Å². The van der Waals surface area contributed by atoms with Crippen molar-refractivity contribution < 1.29 is 4.79 Å². The van der Waals surface area contributed by atoms with Crippen LogP contribution in [0.1, 0.15) is 26.7 Å². The number of nitrogens with zero attached hydrogens (tertiary/aromatic N) is 3. The minimum Gasteiger partial charge on any atom is -0.325 e. The largest absolute Gasteiger partial charge is 0.325 e. The highest BCUT2D eigenvalue weighted by Gasteiger charge is 2.26. The molecule has 0 radical (unpaired) electrons. The monoisotopic (exact) mass is 239 g/mol. The molecule has 2 saturated heterocycles. The molecule has 0 aliphatic carbocycles.